The van der Waals surface area contributed by atoms with Crippen molar-refractivity contribution in [3.8, 4) is 17.0 Å². The van der Waals surface area contributed by atoms with Gasteiger partial charge in [0.2, 0.25) is 5.95 Å². The van der Waals surface area contributed by atoms with E-state index in [4.69, 9.17) is 0 Å². The number of hydrogen-bond donors (Lipinski definition) is 3. The lowest BCUT2D eigenvalue weighted by Gasteiger charge is -2.26. The topological polar surface area (TPSA) is 87.4 Å². The van der Waals surface area contributed by atoms with Crippen LogP contribution in [-0.4, -0.2) is 50.2 Å². The lowest BCUT2D eigenvalue weighted by molar-refractivity contribution is -0.137. The summed E-state index contributed by atoms with van der Waals surface area (Å²) in [5, 5.41) is 28.4. The van der Waals surface area contributed by atoms with Gasteiger partial charge in [-0.2, -0.15) is 22.8 Å². The van der Waals surface area contributed by atoms with E-state index in [1.165, 1.54) is 10.7 Å². The lowest BCUT2D eigenvalue weighted by Crippen LogP contribution is -2.44. The SMILES string of the molecule is Oc1cc(C(F)(F)F)ccc1-c1nnc(N[C@H]2CNC[C@H](F)C2)n2nccc12. The number of benzene rings is 1. The van der Waals surface area contributed by atoms with Crippen molar-refractivity contribution in [1.29, 1.82) is 0 Å². The van der Waals surface area contributed by atoms with Gasteiger partial charge in [0.1, 0.15) is 17.6 Å². The fourth-order valence-corrected chi connectivity index (χ4v) is 3.21. The first kappa shape index (κ1) is 18.4. The Kier molecular flexibility index (Phi) is 4.53. The van der Waals surface area contributed by atoms with Gasteiger partial charge in [-0.05, 0) is 24.3 Å². The molecule has 2 atom stereocenters. The van der Waals surface area contributed by atoms with Crippen molar-refractivity contribution in [2.45, 2.75) is 24.8 Å². The van der Waals surface area contributed by atoms with Gasteiger partial charge in [0.25, 0.3) is 0 Å². The quantitative estimate of drug-likeness (QED) is 0.590. The molecule has 1 aliphatic heterocycles. The van der Waals surface area contributed by atoms with Crippen molar-refractivity contribution in [3.63, 3.8) is 0 Å². The molecular formula is C17H16F4N6O. The van der Waals surface area contributed by atoms with Gasteiger partial charge < -0.3 is 15.7 Å². The summed E-state index contributed by atoms with van der Waals surface area (Å²) in [6, 6.07) is 4.04. The van der Waals surface area contributed by atoms with Crippen molar-refractivity contribution in [2.24, 2.45) is 0 Å². The van der Waals surface area contributed by atoms with E-state index in [1.54, 1.807) is 6.07 Å². The number of piperidine rings is 1. The molecule has 4 rings (SSSR count). The highest BCUT2D eigenvalue weighted by Crippen LogP contribution is 2.37. The molecule has 1 aliphatic rings. The highest BCUT2D eigenvalue weighted by molar-refractivity contribution is 5.80. The maximum Gasteiger partial charge on any atom is 0.416 e. The van der Waals surface area contributed by atoms with Crippen LogP contribution in [0.4, 0.5) is 23.5 Å². The largest absolute Gasteiger partial charge is 0.507 e. The molecule has 1 saturated heterocycles. The van der Waals surface area contributed by atoms with Crippen LogP contribution >= 0.6 is 0 Å². The molecule has 0 radical (unpaired) electrons. The first-order chi connectivity index (χ1) is 13.3. The van der Waals surface area contributed by atoms with E-state index in [9.17, 15) is 22.7 Å². The highest BCUT2D eigenvalue weighted by atomic mass is 19.4. The summed E-state index contributed by atoms with van der Waals surface area (Å²) in [7, 11) is 0. The van der Waals surface area contributed by atoms with Gasteiger partial charge in [0, 0.05) is 31.1 Å². The number of nitrogens with one attached hydrogen (secondary N) is 2. The molecule has 3 aromatic rings. The average molecular weight is 396 g/mol. The Morgan fingerprint density at radius 2 is 2.00 bits per heavy atom. The molecule has 148 valence electrons. The molecule has 0 spiro atoms. The van der Waals surface area contributed by atoms with E-state index in [0.29, 0.717) is 31.1 Å². The third kappa shape index (κ3) is 3.44. The van der Waals surface area contributed by atoms with Gasteiger partial charge in [-0.3, -0.25) is 0 Å². The van der Waals surface area contributed by atoms with Gasteiger partial charge in [-0.15, -0.1) is 10.2 Å². The summed E-state index contributed by atoms with van der Waals surface area (Å²) in [6.07, 6.45) is -3.76. The van der Waals surface area contributed by atoms with Crippen LogP contribution in [0.1, 0.15) is 12.0 Å². The zero-order valence-corrected chi connectivity index (χ0v) is 14.4. The fraction of sp³-hybridized carbons (Fsp3) is 0.353. The number of fused-ring (bicyclic) bond motifs is 1. The van der Waals surface area contributed by atoms with Crippen LogP contribution in [0.5, 0.6) is 5.75 Å². The molecule has 3 N–H and O–H groups in total. The fourth-order valence-electron chi connectivity index (χ4n) is 3.21. The van der Waals surface area contributed by atoms with Crippen LogP contribution in [0, 0.1) is 0 Å². The van der Waals surface area contributed by atoms with E-state index in [2.05, 4.69) is 25.9 Å². The molecule has 0 saturated carbocycles. The molecule has 0 unspecified atom stereocenters. The Labute approximate surface area is 156 Å². The monoisotopic (exact) mass is 396 g/mol. The van der Waals surface area contributed by atoms with E-state index in [-0.39, 0.29) is 23.2 Å². The Morgan fingerprint density at radius 1 is 1.18 bits per heavy atom. The summed E-state index contributed by atoms with van der Waals surface area (Å²) < 4.78 is 53.4. The van der Waals surface area contributed by atoms with E-state index >= 15 is 0 Å². The second kappa shape index (κ2) is 6.89. The minimum Gasteiger partial charge on any atom is -0.507 e. The number of nitrogens with zero attached hydrogens (tertiary/aromatic N) is 4. The maximum atomic E-state index is 13.6. The zero-order valence-electron chi connectivity index (χ0n) is 14.4. The van der Waals surface area contributed by atoms with Crippen LogP contribution in [-0.2, 0) is 6.18 Å². The van der Waals surface area contributed by atoms with Crippen molar-refractivity contribution in [3.05, 3.63) is 36.0 Å². The molecule has 11 heteroatoms. The predicted octanol–water partition coefficient (Wildman–Crippen LogP) is 2.63. The van der Waals surface area contributed by atoms with Crippen molar-refractivity contribution in [2.75, 3.05) is 18.4 Å². The van der Waals surface area contributed by atoms with Crippen LogP contribution < -0.4 is 10.6 Å². The summed E-state index contributed by atoms with van der Waals surface area (Å²) in [5.74, 6) is -0.291. The Hall–Kier alpha value is -2.95. The van der Waals surface area contributed by atoms with Crippen LogP contribution in [0.25, 0.3) is 16.8 Å². The number of alkyl halides is 4. The summed E-state index contributed by atoms with van der Waals surface area (Å²) in [5.41, 5.74) is -0.247. The number of phenolic OH excluding ortho intramolecular Hbond substituents is 1. The highest BCUT2D eigenvalue weighted by Gasteiger charge is 2.31. The van der Waals surface area contributed by atoms with Gasteiger partial charge in [-0.25, -0.2) is 4.39 Å². The van der Waals surface area contributed by atoms with Gasteiger partial charge in [-0.1, -0.05) is 0 Å². The molecule has 0 bridgehead atoms. The number of halogens is 4. The normalized spacial score (nSPS) is 20.4. The van der Waals surface area contributed by atoms with Crippen LogP contribution in [0.3, 0.4) is 0 Å². The zero-order chi connectivity index (χ0) is 19.9. The maximum absolute atomic E-state index is 13.6. The smallest absolute Gasteiger partial charge is 0.416 e. The number of anilines is 1. The number of hydrogen-bond acceptors (Lipinski definition) is 6. The molecule has 0 aliphatic carbocycles. The molecule has 1 aromatic carbocycles. The third-order valence-electron chi connectivity index (χ3n) is 4.54. The summed E-state index contributed by atoms with van der Waals surface area (Å²) in [6.45, 7) is 0.847. The van der Waals surface area contributed by atoms with Crippen LogP contribution in [0.15, 0.2) is 30.5 Å². The van der Waals surface area contributed by atoms with E-state index in [1.807, 2.05) is 0 Å². The van der Waals surface area contributed by atoms with Gasteiger partial charge >= 0.3 is 6.18 Å². The van der Waals surface area contributed by atoms with Crippen LogP contribution in [0.2, 0.25) is 0 Å². The third-order valence-corrected chi connectivity index (χ3v) is 4.54. The molecular weight excluding hydrogens is 380 g/mol. The first-order valence-corrected chi connectivity index (χ1v) is 8.55. The van der Waals surface area contributed by atoms with Gasteiger partial charge in [0.05, 0.1) is 17.3 Å². The van der Waals surface area contributed by atoms with Gasteiger partial charge in [0.15, 0.2) is 0 Å². The molecule has 0 amide bonds. The second-order valence-corrected chi connectivity index (χ2v) is 6.56. The Morgan fingerprint density at radius 3 is 2.71 bits per heavy atom. The van der Waals surface area contributed by atoms with Crippen molar-refractivity contribution in [1.82, 2.24) is 25.1 Å². The number of phenols is 1. The lowest BCUT2D eigenvalue weighted by atomic mass is 10.1. The van der Waals surface area contributed by atoms with E-state index in [0.717, 1.165) is 12.1 Å². The van der Waals surface area contributed by atoms with E-state index < -0.39 is 23.7 Å². The predicted molar refractivity (Wildman–Crippen MR) is 92.7 cm³/mol. The molecule has 3 heterocycles. The Bertz CT molecular complexity index is 1000. The summed E-state index contributed by atoms with van der Waals surface area (Å²) in [4.78, 5) is 0. The van der Waals surface area contributed by atoms with Crippen molar-refractivity contribution < 1.29 is 22.7 Å². The molecule has 2 aromatic heterocycles. The summed E-state index contributed by atoms with van der Waals surface area (Å²) >= 11 is 0. The average Bonchev–Trinajstić information content (AvgIpc) is 3.12. The Balaban J connectivity index is 1.70. The minimum absolute atomic E-state index is 0.0979. The first-order valence-electron chi connectivity index (χ1n) is 8.55. The second-order valence-electron chi connectivity index (χ2n) is 6.56. The molecule has 1 fully saturated rings. The minimum atomic E-state index is -4.57. The van der Waals surface area contributed by atoms with Crippen molar-refractivity contribution >= 4 is 11.5 Å². The number of aromatic nitrogens is 4. The molecule has 28 heavy (non-hydrogen) atoms. The molecule has 7 nitrogen and oxygen atoms in total. The standard InChI is InChI=1S/C17H16F4N6O/c18-10-6-11(8-22-7-10)24-16-26-25-15(13-3-4-23-27(13)16)12-2-1-9(5-14(12)28)17(19,20)21/h1-5,10-11,22,28H,6-8H2,(H,24,26)/t10-,11-/m1/s1. The number of aromatic hydroxyl groups is 1. The number of rotatable bonds is 3.